The average Bonchev–Trinajstić information content (AvgIpc) is 3.29. The van der Waals surface area contributed by atoms with E-state index >= 15 is 0 Å². The van der Waals surface area contributed by atoms with E-state index in [4.69, 9.17) is 32.7 Å². The Kier molecular flexibility index (Phi) is 12.2. The Hall–Kier alpha value is -4.73. The van der Waals surface area contributed by atoms with Crippen molar-refractivity contribution in [2.24, 2.45) is 16.7 Å². The number of aromatic nitrogens is 2. The van der Waals surface area contributed by atoms with Gasteiger partial charge >= 0.3 is 12.1 Å². The maximum atomic E-state index is 12.2. The highest BCUT2D eigenvalue weighted by atomic mass is 35.5. The third-order valence-electron chi connectivity index (χ3n) is 6.05. The summed E-state index contributed by atoms with van der Waals surface area (Å²) in [5, 5.41) is 23.2. The largest absolute Gasteiger partial charge is 0.476 e. The summed E-state index contributed by atoms with van der Waals surface area (Å²) in [6, 6.07) is 14.6. The van der Waals surface area contributed by atoms with E-state index in [2.05, 4.69) is 14.9 Å². The normalized spacial score (nSPS) is 11.3. The summed E-state index contributed by atoms with van der Waals surface area (Å²) >= 11 is 6.15. The molecule has 230 valence electrons. The number of hydrazone groups is 1. The van der Waals surface area contributed by atoms with Crippen molar-refractivity contribution in [1.29, 1.82) is 0 Å². The van der Waals surface area contributed by atoms with Gasteiger partial charge in [0.2, 0.25) is 0 Å². The van der Waals surface area contributed by atoms with Crippen molar-refractivity contribution in [2.75, 3.05) is 26.4 Å². The summed E-state index contributed by atoms with van der Waals surface area (Å²) < 4.78 is 11.6. The van der Waals surface area contributed by atoms with Gasteiger partial charge in [0.1, 0.15) is 19.0 Å². The van der Waals surface area contributed by atoms with Crippen LogP contribution in [-0.2, 0) is 27.3 Å². The van der Waals surface area contributed by atoms with Gasteiger partial charge in [0.25, 0.3) is 5.09 Å². The number of aromatic carboxylic acids is 1. The third-order valence-corrected chi connectivity index (χ3v) is 6.31. The third kappa shape index (κ3) is 9.39. The van der Waals surface area contributed by atoms with Crippen LogP contribution in [0, 0.1) is 10.1 Å². The van der Waals surface area contributed by atoms with Crippen molar-refractivity contribution in [2.45, 2.75) is 32.7 Å². The van der Waals surface area contributed by atoms with Gasteiger partial charge in [-0.1, -0.05) is 73.5 Å². The molecule has 0 aliphatic heterocycles. The summed E-state index contributed by atoms with van der Waals surface area (Å²) in [5.41, 5.74) is 8.98. The van der Waals surface area contributed by atoms with Crippen molar-refractivity contribution < 1.29 is 34.1 Å². The first-order chi connectivity index (χ1) is 20.6. The van der Waals surface area contributed by atoms with Gasteiger partial charge in [-0.25, -0.2) is 20.4 Å². The van der Waals surface area contributed by atoms with Gasteiger partial charge in [0.15, 0.2) is 16.7 Å². The number of ether oxygens (including phenoxy) is 2. The SMILES string of the molecule is CCCCc1nc(Cl)c(C(=O)O)n1Cc1ccc(-c2ccccc2/C(N)=N/N(N)C(=O)OCCOCCO[N+](=O)[O-])cc1. The Morgan fingerprint density at radius 1 is 1.14 bits per heavy atom. The molecule has 0 spiro atoms. The predicted octanol–water partition coefficient (Wildman–Crippen LogP) is 3.45. The monoisotopic (exact) mass is 617 g/mol. The second-order valence-corrected chi connectivity index (χ2v) is 9.38. The summed E-state index contributed by atoms with van der Waals surface area (Å²) in [5.74, 6) is 5.13. The highest BCUT2D eigenvalue weighted by molar-refractivity contribution is 6.32. The molecule has 1 aromatic heterocycles. The summed E-state index contributed by atoms with van der Waals surface area (Å²) in [6.07, 6.45) is 1.39. The van der Waals surface area contributed by atoms with Crippen LogP contribution in [-0.4, -0.2) is 69.2 Å². The zero-order chi connectivity index (χ0) is 31.4. The molecule has 0 aliphatic rings. The molecular formula is C27H32ClN7O8. The van der Waals surface area contributed by atoms with Crippen LogP contribution >= 0.6 is 11.6 Å². The fourth-order valence-corrected chi connectivity index (χ4v) is 4.32. The molecule has 3 rings (SSSR count). The Bertz CT molecular complexity index is 1450. The Balaban J connectivity index is 1.69. The molecule has 2 aromatic carbocycles. The number of benzene rings is 2. The highest BCUT2D eigenvalue weighted by Crippen LogP contribution is 2.26. The molecule has 0 fully saturated rings. The second kappa shape index (κ2) is 16.1. The van der Waals surface area contributed by atoms with Crippen LogP contribution in [0.15, 0.2) is 53.6 Å². The van der Waals surface area contributed by atoms with E-state index in [0.29, 0.717) is 28.5 Å². The van der Waals surface area contributed by atoms with Gasteiger partial charge in [-0.15, -0.1) is 20.3 Å². The number of amides is 1. The number of hydrogen-bond acceptors (Lipinski definition) is 10. The van der Waals surface area contributed by atoms with Crippen LogP contribution in [0.25, 0.3) is 11.1 Å². The lowest BCUT2D eigenvalue weighted by Crippen LogP contribution is -2.36. The first-order valence-corrected chi connectivity index (χ1v) is 13.6. The predicted molar refractivity (Wildman–Crippen MR) is 156 cm³/mol. The summed E-state index contributed by atoms with van der Waals surface area (Å²) in [4.78, 5) is 42.5. The quantitative estimate of drug-likeness (QED) is 0.0403. The highest BCUT2D eigenvalue weighted by Gasteiger charge is 2.21. The van der Waals surface area contributed by atoms with Crippen LogP contribution in [0.1, 0.15) is 47.2 Å². The first-order valence-electron chi connectivity index (χ1n) is 13.2. The lowest BCUT2D eigenvalue weighted by atomic mass is 9.98. The van der Waals surface area contributed by atoms with E-state index in [0.717, 1.165) is 24.0 Å². The van der Waals surface area contributed by atoms with E-state index in [1.165, 1.54) is 0 Å². The van der Waals surface area contributed by atoms with Crippen molar-refractivity contribution in [3.05, 3.63) is 86.4 Å². The topological polar surface area (TPSA) is 211 Å². The maximum absolute atomic E-state index is 12.2. The number of carbonyl (C=O) groups excluding carboxylic acids is 1. The summed E-state index contributed by atoms with van der Waals surface area (Å²) in [6.45, 7) is 1.78. The molecule has 3 aromatic rings. The fourth-order valence-electron chi connectivity index (χ4n) is 4.03. The molecule has 15 nitrogen and oxygen atoms in total. The molecule has 0 saturated carbocycles. The van der Waals surface area contributed by atoms with Crippen LogP contribution < -0.4 is 11.6 Å². The number of imidazole rings is 1. The molecule has 0 saturated heterocycles. The Morgan fingerprint density at radius 3 is 2.51 bits per heavy atom. The van der Waals surface area contributed by atoms with Crippen LogP contribution in [0.5, 0.6) is 0 Å². The minimum absolute atomic E-state index is 0.0367. The number of amidine groups is 1. The molecular weight excluding hydrogens is 586 g/mol. The van der Waals surface area contributed by atoms with E-state index in [1.807, 2.05) is 43.3 Å². The van der Waals surface area contributed by atoms with Gasteiger partial charge in [0.05, 0.1) is 13.2 Å². The number of nitrogens with two attached hydrogens (primary N) is 2. The minimum atomic E-state index is -1.15. The lowest BCUT2D eigenvalue weighted by Gasteiger charge is -2.14. The number of nitrogens with zero attached hydrogens (tertiary/aromatic N) is 5. The van der Waals surface area contributed by atoms with E-state index in [9.17, 15) is 24.8 Å². The molecule has 0 bridgehead atoms. The van der Waals surface area contributed by atoms with Crippen LogP contribution in [0.3, 0.4) is 0 Å². The van der Waals surface area contributed by atoms with Crippen molar-refractivity contribution in [1.82, 2.24) is 14.7 Å². The number of rotatable bonds is 16. The zero-order valence-corrected chi connectivity index (χ0v) is 24.1. The Morgan fingerprint density at radius 2 is 1.84 bits per heavy atom. The molecule has 0 radical (unpaired) electrons. The molecule has 5 N–H and O–H groups in total. The minimum Gasteiger partial charge on any atom is -0.476 e. The number of unbranched alkanes of at least 4 members (excludes halogenated alkanes) is 1. The molecule has 43 heavy (non-hydrogen) atoms. The average molecular weight is 618 g/mol. The lowest BCUT2D eigenvalue weighted by molar-refractivity contribution is -0.758. The van der Waals surface area contributed by atoms with Crippen molar-refractivity contribution in [3.8, 4) is 11.1 Å². The smallest absolute Gasteiger partial charge is 0.445 e. The van der Waals surface area contributed by atoms with Crippen LogP contribution in [0.4, 0.5) is 4.79 Å². The molecule has 0 atom stereocenters. The van der Waals surface area contributed by atoms with E-state index in [1.54, 1.807) is 16.7 Å². The van der Waals surface area contributed by atoms with Gasteiger partial charge in [-0.05, 0) is 23.1 Å². The van der Waals surface area contributed by atoms with Gasteiger partial charge < -0.3 is 29.7 Å². The first kappa shape index (κ1) is 32.8. The molecule has 0 aliphatic carbocycles. The van der Waals surface area contributed by atoms with Crippen molar-refractivity contribution >= 4 is 29.5 Å². The number of hydrogen-bond donors (Lipinski definition) is 3. The van der Waals surface area contributed by atoms with E-state index in [-0.39, 0.29) is 49.7 Å². The van der Waals surface area contributed by atoms with Gasteiger partial charge in [0, 0.05) is 18.5 Å². The van der Waals surface area contributed by atoms with E-state index < -0.39 is 17.1 Å². The van der Waals surface area contributed by atoms with Crippen LogP contribution in [0.2, 0.25) is 5.15 Å². The second-order valence-electron chi connectivity index (χ2n) is 9.02. The molecule has 1 heterocycles. The fraction of sp³-hybridized carbons (Fsp3) is 0.333. The number of carboxylic acid groups (broad SMARTS) is 1. The van der Waals surface area contributed by atoms with Crippen molar-refractivity contribution in [3.63, 3.8) is 0 Å². The molecule has 16 heteroatoms. The number of hydrazine groups is 1. The summed E-state index contributed by atoms with van der Waals surface area (Å²) in [7, 11) is 0. The Labute approximate surface area is 251 Å². The number of aryl methyl sites for hydroxylation is 1. The van der Waals surface area contributed by atoms with Gasteiger partial charge in [-0.2, -0.15) is 0 Å². The zero-order valence-electron chi connectivity index (χ0n) is 23.3. The van der Waals surface area contributed by atoms with Gasteiger partial charge in [-0.3, -0.25) is 0 Å². The number of halogens is 1. The number of carbonyl (C=O) groups is 2. The maximum Gasteiger partial charge on any atom is 0.445 e. The molecule has 0 unspecified atom stereocenters. The molecule has 1 amide bonds. The number of carboxylic acids is 1. The standard InChI is InChI=1S/C27H32ClN7O8/c1-2-3-8-22-31-24(28)23(26(36)37)33(22)17-18-9-11-19(12-10-18)20-6-4-5-7-21(20)25(29)32-34(30)27(38)42-15-13-41-14-16-43-35(39)40/h4-7,9-12H,2-3,8,13-17,30H2,1H3,(H2,29,32)(H,36,37).